The first kappa shape index (κ1) is 12.6. The van der Waals surface area contributed by atoms with Gasteiger partial charge in [0.25, 0.3) is 5.56 Å². The van der Waals surface area contributed by atoms with Crippen molar-refractivity contribution >= 4 is 32.8 Å². The molecule has 0 bridgehead atoms. The standard InChI is InChI=1S/C11H9BrN2O4/c1-13-7-4-2-3-6(12)9(7)10(17)14(11(13)18)5-8(15)16/h2-4H,5H2,1H3,(H,15,16). The van der Waals surface area contributed by atoms with Gasteiger partial charge < -0.3 is 5.11 Å². The van der Waals surface area contributed by atoms with Gasteiger partial charge in [-0.05, 0) is 28.1 Å². The van der Waals surface area contributed by atoms with Crippen LogP contribution >= 0.6 is 15.9 Å². The van der Waals surface area contributed by atoms with Gasteiger partial charge in [-0.25, -0.2) is 9.36 Å². The molecule has 0 saturated heterocycles. The van der Waals surface area contributed by atoms with Crippen molar-refractivity contribution in [3.8, 4) is 0 Å². The Morgan fingerprint density at radius 1 is 1.39 bits per heavy atom. The number of carboxylic acid groups (broad SMARTS) is 1. The summed E-state index contributed by atoms with van der Waals surface area (Å²) in [6, 6.07) is 5.00. The maximum Gasteiger partial charge on any atom is 0.331 e. The lowest BCUT2D eigenvalue weighted by atomic mass is 10.2. The molecule has 0 amide bonds. The number of rotatable bonds is 2. The molecule has 0 aliphatic rings. The van der Waals surface area contributed by atoms with Gasteiger partial charge in [0, 0.05) is 11.5 Å². The van der Waals surface area contributed by atoms with Crippen molar-refractivity contribution in [1.82, 2.24) is 9.13 Å². The molecule has 7 heteroatoms. The van der Waals surface area contributed by atoms with Gasteiger partial charge in [0.05, 0.1) is 10.9 Å². The number of benzene rings is 1. The van der Waals surface area contributed by atoms with Crippen molar-refractivity contribution in [3.63, 3.8) is 0 Å². The van der Waals surface area contributed by atoms with Gasteiger partial charge in [0.1, 0.15) is 6.54 Å². The number of aliphatic carboxylic acids is 1. The third-order valence-corrected chi connectivity index (χ3v) is 3.28. The fraction of sp³-hybridized carbons (Fsp3) is 0.182. The number of carboxylic acids is 1. The molecule has 0 saturated carbocycles. The summed E-state index contributed by atoms with van der Waals surface area (Å²) in [5, 5.41) is 9.02. The molecule has 0 atom stereocenters. The van der Waals surface area contributed by atoms with Crippen LogP contribution in [-0.2, 0) is 18.4 Å². The number of carbonyl (C=O) groups is 1. The Kier molecular flexibility index (Phi) is 3.08. The van der Waals surface area contributed by atoms with Crippen LogP contribution in [0.4, 0.5) is 0 Å². The van der Waals surface area contributed by atoms with E-state index in [1.807, 2.05) is 0 Å². The third-order valence-electron chi connectivity index (χ3n) is 2.62. The van der Waals surface area contributed by atoms with E-state index in [1.165, 1.54) is 11.6 Å². The van der Waals surface area contributed by atoms with Gasteiger partial charge in [0.15, 0.2) is 0 Å². The smallest absolute Gasteiger partial charge is 0.331 e. The lowest BCUT2D eigenvalue weighted by Gasteiger charge is -2.09. The normalized spacial score (nSPS) is 10.8. The second-order valence-electron chi connectivity index (χ2n) is 3.76. The van der Waals surface area contributed by atoms with Gasteiger partial charge in [-0.2, -0.15) is 0 Å². The maximum absolute atomic E-state index is 12.1. The number of nitrogens with zero attached hydrogens (tertiary/aromatic N) is 2. The Hall–Kier alpha value is -1.89. The van der Waals surface area contributed by atoms with Crippen LogP contribution in [0.5, 0.6) is 0 Å². The highest BCUT2D eigenvalue weighted by atomic mass is 79.9. The minimum absolute atomic E-state index is 0.292. The van der Waals surface area contributed by atoms with E-state index in [4.69, 9.17) is 5.11 Å². The molecule has 1 aromatic carbocycles. The zero-order valence-electron chi connectivity index (χ0n) is 9.38. The first-order chi connectivity index (χ1) is 8.43. The Bertz CT molecular complexity index is 760. The van der Waals surface area contributed by atoms with Crippen LogP contribution < -0.4 is 11.2 Å². The highest BCUT2D eigenvalue weighted by molar-refractivity contribution is 9.10. The van der Waals surface area contributed by atoms with E-state index in [9.17, 15) is 14.4 Å². The summed E-state index contributed by atoms with van der Waals surface area (Å²) in [6.45, 7) is -0.650. The molecule has 0 unspecified atom stereocenters. The fourth-order valence-electron chi connectivity index (χ4n) is 1.78. The molecule has 2 rings (SSSR count). The Morgan fingerprint density at radius 2 is 2.06 bits per heavy atom. The minimum atomic E-state index is -1.24. The van der Waals surface area contributed by atoms with Crippen molar-refractivity contribution in [3.05, 3.63) is 43.5 Å². The average molecular weight is 313 g/mol. The lowest BCUT2D eigenvalue weighted by molar-refractivity contribution is -0.137. The lowest BCUT2D eigenvalue weighted by Crippen LogP contribution is -2.40. The van der Waals surface area contributed by atoms with Gasteiger partial charge >= 0.3 is 11.7 Å². The SMILES string of the molecule is Cn1c(=O)n(CC(=O)O)c(=O)c2c(Br)cccc21. The number of halogens is 1. The van der Waals surface area contributed by atoms with Crippen LogP contribution in [-0.4, -0.2) is 20.2 Å². The quantitative estimate of drug-likeness (QED) is 0.878. The summed E-state index contributed by atoms with van der Waals surface area (Å²) in [6.07, 6.45) is 0. The van der Waals surface area contributed by atoms with Crippen molar-refractivity contribution in [1.29, 1.82) is 0 Å². The van der Waals surface area contributed by atoms with Crippen molar-refractivity contribution < 1.29 is 9.90 Å². The zero-order valence-corrected chi connectivity index (χ0v) is 11.0. The van der Waals surface area contributed by atoms with E-state index < -0.39 is 23.8 Å². The van der Waals surface area contributed by atoms with Crippen LogP contribution in [0.1, 0.15) is 0 Å². The molecule has 1 N–H and O–H groups in total. The summed E-state index contributed by atoms with van der Waals surface area (Å²) in [5.74, 6) is -1.24. The predicted octanol–water partition coefficient (Wildman–Crippen LogP) is 0.547. The molecule has 94 valence electrons. The van der Waals surface area contributed by atoms with Crippen LogP contribution in [0.15, 0.2) is 32.3 Å². The molecule has 2 aromatic rings. The maximum atomic E-state index is 12.1. The van der Waals surface area contributed by atoms with Gasteiger partial charge in [0.2, 0.25) is 0 Å². The summed E-state index contributed by atoms with van der Waals surface area (Å²) in [5.41, 5.74) is -0.794. The Morgan fingerprint density at radius 3 is 2.67 bits per heavy atom. The topological polar surface area (TPSA) is 81.3 Å². The highest BCUT2D eigenvalue weighted by Crippen LogP contribution is 2.18. The van der Waals surface area contributed by atoms with E-state index in [-0.39, 0.29) is 0 Å². The Labute approximate surface area is 109 Å². The number of fused-ring (bicyclic) bond motifs is 1. The van der Waals surface area contributed by atoms with Gasteiger partial charge in [-0.15, -0.1) is 0 Å². The van der Waals surface area contributed by atoms with Crippen molar-refractivity contribution in [2.24, 2.45) is 7.05 Å². The largest absolute Gasteiger partial charge is 0.480 e. The van der Waals surface area contributed by atoms with Crippen LogP contribution in [0.3, 0.4) is 0 Å². The molecule has 1 heterocycles. The number of hydrogen-bond donors (Lipinski definition) is 1. The van der Waals surface area contributed by atoms with Gasteiger partial charge in [-0.1, -0.05) is 6.07 Å². The molecule has 18 heavy (non-hydrogen) atoms. The fourth-order valence-corrected chi connectivity index (χ4v) is 2.31. The summed E-state index contributed by atoms with van der Waals surface area (Å²) in [7, 11) is 1.49. The van der Waals surface area contributed by atoms with Crippen molar-refractivity contribution in [2.75, 3.05) is 0 Å². The zero-order chi connectivity index (χ0) is 13.4. The monoisotopic (exact) mass is 312 g/mol. The molecule has 6 nitrogen and oxygen atoms in total. The van der Waals surface area contributed by atoms with Crippen LogP contribution in [0.2, 0.25) is 0 Å². The van der Waals surface area contributed by atoms with Crippen molar-refractivity contribution in [2.45, 2.75) is 6.54 Å². The molecular formula is C11H9BrN2O4. The second-order valence-corrected chi connectivity index (χ2v) is 4.61. The average Bonchev–Trinajstić information content (AvgIpc) is 2.31. The molecule has 0 radical (unpaired) electrons. The molecule has 0 fully saturated rings. The number of aryl methyl sites for hydroxylation is 1. The summed E-state index contributed by atoms with van der Waals surface area (Å²) < 4.78 is 2.49. The highest BCUT2D eigenvalue weighted by Gasteiger charge is 2.14. The van der Waals surface area contributed by atoms with E-state index in [1.54, 1.807) is 18.2 Å². The van der Waals surface area contributed by atoms with Crippen LogP contribution in [0.25, 0.3) is 10.9 Å². The molecule has 1 aromatic heterocycles. The summed E-state index contributed by atoms with van der Waals surface area (Å²) >= 11 is 3.23. The molecule has 0 aliphatic carbocycles. The van der Waals surface area contributed by atoms with Gasteiger partial charge in [-0.3, -0.25) is 14.2 Å². The Balaban J connectivity index is 2.99. The third kappa shape index (κ3) is 1.86. The number of aromatic nitrogens is 2. The van der Waals surface area contributed by atoms with Crippen LogP contribution in [0, 0.1) is 0 Å². The van der Waals surface area contributed by atoms with E-state index in [0.29, 0.717) is 19.9 Å². The van der Waals surface area contributed by atoms with E-state index in [0.717, 1.165) is 0 Å². The summed E-state index contributed by atoms with van der Waals surface area (Å²) in [4.78, 5) is 34.7. The predicted molar refractivity (Wildman–Crippen MR) is 68.8 cm³/mol. The second kappa shape index (κ2) is 4.41. The first-order valence-electron chi connectivity index (χ1n) is 5.03. The molecule has 0 aliphatic heterocycles. The molecule has 0 spiro atoms. The molecular weight excluding hydrogens is 304 g/mol. The van der Waals surface area contributed by atoms with E-state index >= 15 is 0 Å². The number of hydrogen-bond acceptors (Lipinski definition) is 3. The van der Waals surface area contributed by atoms with E-state index in [2.05, 4.69) is 15.9 Å². The minimum Gasteiger partial charge on any atom is -0.480 e. The first-order valence-corrected chi connectivity index (χ1v) is 5.82.